The van der Waals surface area contributed by atoms with E-state index in [-0.39, 0.29) is 16.9 Å². The van der Waals surface area contributed by atoms with Gasteiger partial charge in [-0.25, -0.2) is 4.39 Å². The molecule has 0 aliphatic rings. The first-order valence-electron chi connectivity index (χ1n) is 5.36. The lowest BCUT2D eigenvalue weighted by Gasteiger charge is -2.11. The molecule has 2 rings (SSSR count). The lowest BCUT2D eigenvalue weighted by Crippen LogP contribution is -2.25. The lowest BCUT2D eigenvalue weighted by molar-refractivity contribution is 0.556. The fourth-order valence-electron chi connectivity index (χ4n) is 1.77. The zero-order chi connectivity index (χ0) is 12.3. The van der Waals surface area contributed by atoms with E-state index in [1.54, 1.807) is 24.7 Å². The highest BCUT2D eigenvalue weighted by Gasteiger charge is 2.11. The maximum absolute atomic E-state index is 13.6. The summed E-state index contributed by atoms with van der Waals surface area (Å²) < 4.78 is 18.6. The van der Waals surface area contributed by atoms with Gasteiger partial charge in [0, 0.05) is 6.04 Å². The molecule has 1 aromatic carbocycles. The molecule has 0 fully saturated rings. The lowest BCUT2D eigenvalue weighted by atomic mass is 10.0. The minimum Gasteiger partial charge on any atom is -0.472 e. The average molecular weight is 254 g/mol. The Hall–Kier alpha value is -1.32. The topological polar surface area (TPSA) is 39.2 Å². The summed E-state index contributed by atoms with van der Waals surface area (Å²) in [7, 11) is 0. The maximum Gasteiger partial charge on any atom is 0.145 e. The first kappa shape index (κ1) is 12.1. The Bertz CT molecular complexity index is 484. The van der Waals surface area contributed by atoms with E-state index in [2.05, 4.69) is 0 Å². The van der Waals surface area contributed by atoms with E-state index in [4.69, 9.17) is 21.8 Å². The van der Waals surface area contributed by atoms with Crippen LogP contribution in [0.5, 0.6) is 0 Å². The second-order valence-electron chi connectivity index (χ2n) is 4.01. The largest absolute Gasteiger partial charge is 0.472 e. The van der Waals surface area contributed by atoms with Crippen molar-refractivity contribution >= 4 is 11.6 Å². The third-order valence-electron chi connectivity index (χ3n) is 2.59. The van der Waals surface area contributed by atoms with Gasteiger partial charge in [0.05, 0.1) is 17.5 Å². The van der Waals surface area contributed by atoms with Crippen LogP contribution in [0.25, 0.3) is 0 Å². The number of rotatable bonds is 4. The molecule has 17 heavy (non-hydrogen) atoms. The monoisotopic (exact) mass is 253 g/mol. The Kier molecular flexibility index (Phi) is 3.82. The quantitative estimate of drug-likeness (QED) is 0.909. The van der Waals surface area contributed by atoms with Gasteiger partial charge in [-0.2, -0.15) is 0 Å². The molecule has 4 heteroatoms. The summed E-state index contributed by atoms with van der Waals surface area (Å²) in [4.78, 5) is 0. The third kappa shape index (κ3) is 3.08. The van der Waals surface area contributed by atoms with E-state index in [1.165, 1.54) is 6.07 Å². The Labute approximate surface area is 104 Å². The Balaban J connectivity index is 2.03. The maximum atomic E-state index is 13.6. The second-order valence-corrected chi connectivity index (χ2v) is 4.42. The summed E-state index contributed by atoms with van der Waals surface area (Å²) in [6.45, 7) is 0. The third-order valence-corrected chi connectivity index (χ3v) is 2.88. The molecule has 2 aromatic rings. The van der Waals surface area contributed by atoms with Gasteiger partial charge in [0.25, 0.3) is 0 Å². The Morgan fingerprint density at radius 2 is 2.12 bits per heavy atom. The Morgan fingerprint density at radius 3 is 2.82 bits per heavy atom. The van der Waals surface area contributed by atoms with E-state index < -0.39 is 0 Å². The van der Waals surface area contributed by atoms with Gasteiger partial charge in [0.1, 0.15) is 5.82 Å². The predicted octanol–water partition coefficient (Wildman–Crippen LogP) is 3.18. The van der Waals surface area contributed by atoms with Crippen LogP contribution >= 0.6 is 11.6 Å². The first-order valence-corrected chi connectivity index (χ1v) is 5.74. The summed E-state index contributed by atoms with van der Waals surface area (Å²) in [5.74, 6) is -0.378. The number of hydrogen-bond donors (Lipinski definition) is 1. The van der Waals surface area contributed by atoms with Crippen LogP contribution in [0.4, 0.5) is 4.39 Å². The molecular formula is C13H13ClFNO. The molecule has 1 aromatic heterocycles. The van der Waals surface area contributed by atoms with Crippen molar-refractivity contribution in [1.29, 1.82) is 0 Å². The molecule has 0 aliphatic carbocycles. The van der Waals surface area contributed by atoms with Gasteiger partial charge in [-0.1, -0.05) is 23.7 Å². The minimum absolute atomic E-state index is 0.137. The average Bonchev–Trinajstić information content (AvgIpc) is 2.77. The van der Waals surface area contributed by atoms with E-state index >= 15 is 0 Å². The number of hydrogen-bond acceptors (Lipinski definition) is 2. The number of benzene rings is 1. The van der Waals surface area contributed by atoms with Gasteiger partial charge >= 0.3 is 0 Å². The first-order chi connectivity index (χ1) is 8.16. The highest BCUT2D eigenvalue weighted by atomic mass is 35.5. The Morgan fingerprint density at radius 1 is 1.29 bits per heavy atom. The molecular weight excluding hydrogens is 241 g/mol. The highest BCUT2D eigenvalue weighted by Crippen LogP contribution is 2.19. The standard InChI is InChI=1S/C13H13ClFNO/c14-12-3-1-2-10(13(12)15)7-11(16)6-9-4-5-17-8-9/h1-5,8,11H,6-7,16H2. The zero-order valence-corrected chi connectivity index (χ0v) is 9.95. The highest BCUT2D eigenvalue weighted by molar-refractivity contribution is 6.30. The van der Waals surface area contributed by atoms with Crippen molar-refractivity contribution in [2.45, 2.75) is 18.9 Å². The van der Waals surface area contributed by atoms with Gasteiger partial charge in [0.15, 0.2) is 0 Å². The van der Waals surface area contributed by atoms with Crippen molar-refractivity contribution in [3.05, 3.63) is 58.8 Å². The van der Waals surface area contributed by atoms with Gasteiger partial charge in [0.2, 0.25) is 0 Å². The molecule has 0 saturated carbocycles. The molecule has 2 N–H and O–H groups in total. The van der Waals surface area contributed by atoms with E-state index in [0.29, 0.717) is 18.4 Å². The second kappa shape index (κ2) is 5.34. The summed E-state index contributed by atoms with van der Waals surface area (Å²) in [5.41, 5.74) is 7.53. The van der Waals surface area contributed by atoms with Crippen molar-refractivity contribution in [3.8, 4) is 0 Å². The summed E-state index contributed by atoms with van der Waals surface area (Å²) >= 11 is 5.71. The minimum atomic E-state index is -0.378. The molecule has 1 heterocycles. The predicted molar refractivity (Wildman–Crippen MR) is 65.5 cm³/mol. The summed E-state index contributed by atoms with van der Waals surface area (Å²) in [6.07, 6.45) is 4.36. The van der Waals surface area contributed by atoms with Crippen molar-refractivity contribution in [3.63, 3.8) is 0 Å². The molecule has 0 aliphatic heterocycles. The molecule has 2 nitrogen and oxygen atoms in total. The normalized spacial score (nSPS) is 12.6. The summed E-state index contributed by atoms with van der Waals surface area (Å²) in [6, 6.07) is 6.67. The van der Waals surface area contributed by atoms with Crippen LogP contribution in [-0.2, 0) is 12.8 Å². The molecule has 0 bridgehead atoms. The number of nitrogens with two attached hydrogens (primary N) is 1. The van der Waals surface area contributed by atoms with Gasteiger partial charge in [-0.15, -0.1) is 0 Å². The molecule has 1 unspecified atom stereocenters. The van der Waals surface area contributed by atoms with E-state index in [9.17, 15) is 4.39 Å². The molecule has 90 valence electrons. The van der Waals surface area contributed by atoms with E-state index in [1.807, 2.05) is 6.07 Å². The van der Waals surface area contributed by atoms with Gasteiger partial charge in [-0.05, 0) is 36.1 Å². The van der Waals surface area contributed by atoms with Crippen molar-refractivity contribution < 1.29 is 8.81 Å². The number of furan rings is 1. The van der Waals surface area contributed by atoms with Crippen molar-refractivity contribution in [2.75, 3.05) is 0 Å². The molecule has 0 radical (unpaired) electrons. The molecule has 0 saturated heterocycles. The molecule has 1 atom stereocenters. The van der Waals surface area contributed by atoms with Crippen molar-refractivity contribution in [2.24, 2.45) is 5.73 Å². The number of halogens is 2. The van der Waals surface area contributed by atoms with Crippen LogP contribution in [-0.4, -0.2) is 6.04 Å². The van der Waals surface area contributed by atoms with Crippen LogP contribution in [0.2, 0.25) is 5.02 Å². The molecule has 0 amide bonds. The van der Waals surface area contributed by atoms with Gasteiger partial charge in [-0.3, -0.25) is 0 Å². The van der Waals surface area contributed by atoms with E-state index in [0.717, 1.165) is 5.56 Å². The SMILES string of the molecule is NC(Cc1ccoc1)Cc1cccc(Cl)c1F. The zero-order valence-electron chi connectivity index (χ0n) is 9.20. The fourth-order valence-corrected chi connectivity index (χ4v) is 1.97. The van der Waals surface area contributed by atoms with Crippen molar-refractivity contribution in [1.82, 2.24) is 0 Å². The van der Waals surface area contributed by atoms with Crippen LogP contribution in [0, 0.1) is 5.82 Å². The van der Waals surface area contributed by atoms with Crippen LogP contribution in [0.3, 0.4) is 0 Å². The fraction of sp³-hybridized carbons (Fsp3) is 0.231. The van der Waals surface area contributed by atoms with Gasteiger partial charge < -0.3 is 10.2 Å². The van der Waals surface area contributed by atoms with Crippen LogP contribution in [0.15, 0.2) is 41.2 Å². The molecule has 0 spiro atoms. The van der Waals surface area contributed by atoms with Crippen LogP contribution in [0.1, 0.15) is 11.1 Å². The summed E-state index contributed by atoms with van der Waals surface area (Å²) in [5, 5.41) is 0.137. The smallest absolute Gasteiger partial charge is 0.145 e. The van der Waals surface area contributed by atoms with Crippen LogP contribution < -0.4 is 5.73 Å².